The van der Waals surface area contributed by atoms with Crippen molar-refractivity contribution in [3.05, 3.63) is 29.8 Å². The van der Waals surface area contributed by atoms with Crippen molar-refractivity contribution >= 4 is 11.8 Å². The maximum Gasteiger partial charge on any atom is 0.237 e. The van der Waals surface area contributed by atoms with Crippen LogP contribution in [0.2, 0.25) is 0 Å². The lowest BCUT2D eigenvalue weighted by Crippen LogP contribution is -2.56. The molecule has 2 amide bonds. The van der Waals surface area contributed by atoms with Crippen molar-refractivity contribution < 1.29 is 19.1 Å². The molecule has 1 aromatic carbocycles. The van der Waals surface area contributed by atoms with E-state index < -0.39 is 6.04 Å². The highest BCUT2D eigenvalue weighted by Gasteiger charge is 2.32. The summed E-state index contributed by atoms with van der Waals surface area (Å²) in [5.74, 6) is 0.667. The zero-order valence-electron chi connectivity index (χ0n) is 15.9. The van der Waals surface area contributed by atoms with E-state index in [1.165, 1.54) is 0 Å². The molecule has 2 heterocycles. The Balaban J connectivity index is 1.64. The van der Waals surface area contributed by atoms with Crippen LogP contribution in [-0.4, -0.2) is 61.7 Å². The van der Waals surface area contributed by atoms with Crippen molar-refractivity contribution in [3.63, 3.8) is 0 Å². The fourth-order valence-electron chi connectivity index (χ4n) is 3.63. The molecule has 3 rings (SSSR count). The van der Waals surface area contributed by atoms with Gasteiger partial charge in [0.15, 0.2) is 0 Å². The molecule has 2 N–H and O–H groups in total. The SMILES string of the molecule is CCOc1ccccc1CN1CCNC(=O)C1CC(=O)NC1CCOCC1. The summed E-state index contributed by atoms with van der Waals surface area (Å²) in [5.41, 5.74) is 1.03. The van der Waals surface area contributed by atoms with E-state index in [1.807, 2.05) is 31.2 Å². The Morgan fingerprint density at radius 1 is 1.33 bits per heavy atom. The number of nitrogens with zero attached hydrogens (tertiary/aromatic N) is 1. The predicted octanol–water partition coefficient (Wildman–Crippen LogP) is 1.07. The summed E-state index contributed by atoms with van der Waals surface area (Å²) in [6.45, 7) is 5.78. The minimum atomic E-state index is -0.465. The number of hydrogen-bond acceptors (Lipinski definition) is 5. The topological polar surface area (TPSA) is 79.9 Å². The molecule has 0 saturated carbocycles. The monoisotopic (exact) mass is 375 g/mol. The van der Waals surface area contributed by atoms with Crippen LogP contribution in [0, 0.1) is 0 Å². The van der Waals surface area contributed by atoms with Gasteiger partial charge >= 0.3 is 0 Å². The molecule has 2 aliphatic rings. The smallest absolute Gasteiger partial charge is 0.237 e. The number of benzene rings is 1. The van der Waals surface area contributed by atoms with Crippen LogP contribution in [-0.2, 0) is 20.9 Å². The second-order valence-electron chi connectivity index (χ2n) is 6.98. The standard InChI is InChI=1S/C20H29N3O4/c1-2-27-18-6-4-3-5-15(18)14-23-10-9-21-20(25)17(23)13-19(24)22-16-7-11-26-12-8-16/h3-6,16-17H,2,7-14H2,1H3,(H,21,25)(H,22,24). The number of ether oxygens (including phenoxy) is 2. The van der Waals surface area contributed by atoms with Crippen LogP contribution in [0.5, 0.6) is 5.75 Å². The molecule has 7 heteroatoms. The van der Waals surface area contributed by atoms with E-state index in [0.29, 0.717) is 39.5 Å². The summed E-state index contributed by atoms with van der Waals surface area (Å²) in [5, 5.41) is 5.94. The molecule has 0 aromatic heterocycles. The zero-order valence-corrected chi connectivity index (χ0v) is 15.9. The maximum atomic E-state index is 12.5. The van der Waals surface area contributed by atoms with E-state index in [0.717, 1.165) is 24.2 Å². The van der Waals surface area contributed by atoms with Gasteiger partial charge in [0.25, 0.3) is 0 Å². The minimum absolute atomic E-state index is 0.0768. The Kier molecular flexibility index (Phi) is 7.06. The van der Waals surface area contributed by atoms with Gasteiger partial charge in [0.1, 0.15) is 5.75 Å². The van der Waals surface area contributed by atoms with Crippen LogP contribution in [0.3, 0.4) is 0 Å². The van der Waals surface area contributed by atoms with Gasteiger partial charge in [-0.2, -0.15) is 0 Å². The number of para-hydroxylation sites is 1. The van der Waals surface area contributed by atoms with Gasteiger partial charge in [0, 0.05) is 44.5 Å². The van der Waals surface area contributed by atoms with E-state index >= 15 is 0 Å². The molecular weight excluding hydrogens is 346 g/mol. The van der Waals surface area contributed by atoms with Gasteiger partial charge in [-0.25, -0.2) is 0 Å². The number of amides is 2. The van der Waals surface area contributed by atoms with Crippen LogP contribution in [0.15, 0.2) is 24.3 Å². The maximum absolute atomic E-state index is 12.5. The quantitative estimate of drug-likeness (QED) is 0.745. The lowest BCUT2D eigenvalue weighted by atomic mass is 10.0. The number of carbonyl (C=O) groups is 2. The van der Waals surface area contributed by atoms with Gasteiger partial charge in [-0.1, -0.05) is 18.2 Å². The molecular formula is C20H29N3O4. The van der Waals surface area contributed by atoms with Crippen LogP contribution in [0.25, 0.3) is 0 Å². The number of carbonyl (C=O) groups excluding carboxylic acids is 2. The van der Waals surface area contributed by atoms with E-state index in [2.05, 4.69) is 15.5 Å². The van der Waals surface area contributed by atoms with Crippen LogP contribution in [0.1, 0.15) is 31.7 Å². The summed E-state index contributed by atoms with van der Waals surface area (Å²) in [7, 11) is 0. The second kappa shape index (κ2) is 9.71. The van der Waals surface area contributed by atoms with Crippen molar-refractivity contribution in [1.82, 2.24) is 15.5 Å². The summed E-state index contributed by atoms with van der Waals surface area (Å²) in [4.78, 5) is 27.0. The van der Waals surface area contributed by atoms with Crippen molar-refractivity contribution in [2.24, 2.45) is 0 Å². The fourth-order valence-corrected chi connectivity index (χ4v) is 3.63. The van der Waals surface area contributed by atoms with Gasteiger partial charge in [-0.05, 0) is 25.8 Å². The third kappa shape index (κ3) is 5.43. The van der Waals surface area contributed by atoms with Crippen molar-refractivity contribution in [2.75, 3.05) is 32.9 Å². The van der Waals surface area contributed by atoms with Crippen molar-refractivity contribution in [1.29, 1.82) is 0 Å². The van der Waals surface area contributed by atoms with E-state index in [-0.39, 0.29) is 24.3 Å². The molecule has 1 unspecified atom stereocenters. The first-order chi connectivity index (χ1) is 13.2. The highest BCUT2D eigenvalue weighted by atomic mass is 16.5. The lowest BCUT2D eigenvalue weighted by molar-refractivity contribution is -0.134. The first-order valence-corrected chi connectivity index (χ1v) is 9.77. The fraction of sp³-hybridized carbons (Fsp3) is 0.600. The third-order valence-corrected chi connectivity index (χ3v) is 5.05. The highest BCUT2D eigenvalue weighted by molar-refractivity contribution is 5.88. The summed E-state index contributed by atoms with van der Waals surface area (Å²) in [6, 6.07) is 7.54. The zero-order chi connectivity index (χ0) is 19.1. The molecule has 2 aliphatic heterocycles. The van der Waals surface area contributed by atoms with E-state index in [9.17, 15) is 9.59 Å². The molecule has 0 spiro atoms. The predicted molar refractivity (Wildman–Crippen MR) is 101 cm³/mol. The number of hydrogen-bond donors (Lipinski definition) is 2. The van der Waals surface area contributed by atoms with E-state index in [4.69, 9.17) is 9.47 Å². The van der Waals surface area contributed by atoms with Gasteiger partial charge in [0.2, 0.25) is 11.8 Å². The Morgan fingerprint density at radius 2 is 2.11 bits per heavy atom. The van der Waals surface area contributed by atoms with E-state index in [1.54, 1.807) is 0 Å². The summed E-state index contributed by atoms with van der Waals surface area (Å²) in [6.07, 6.45) is 1.82. The largest absolute Gasteiger partial charge is 0.494 e. The Bertz CT molecular complexity index is 646. The average molecular weight is 375 g/mol. The molecule has 1 atom stereocenters. The number of rotatable bonds is 7. The number of nitrogens with one attached hydrogen (secondary N) is 2. The lowest BCUT2D eigenvalue weighted by Gasteiger charge is -2.35. The highest BCUT2D eigenvalue weighted by Crippen LogP contribution is 2.22. The molecule has 2 fully saturated rings. The van der Waals surface area contributed by atoms with Crippen LogP contribution < -0.4 is 15.4 Å². The summed E-state index contributed by atoms with van der Waals surface area (Å²) < 4.78 is 11.0. The first-order valence-electron chi connectivity index (χ1n) is 9.77. The van der Waals surface area contributed by atoms with Gasteiger partial charge in [0.05, 0.1) is 19.1 Å². The van der Waals surface area contributed by atoms with Gasteiger partial charge in [-0.15, -0.1) is 0 Å². The third-order valence-electron chi connectivity index (χ3n) is 5.05. The first kappa shape index (κ1) is 19.6. The molecule has 0 radical (unpaired) electrons. The molecule has 7 nitrogen and oxygen atoms in total. The molecule has 1 aromatic rings. The number of piperazine rings is 1. The van der Waals surface area contributed by atoms with Crippen molar-refractivity contribution in [2.45, 2.75) is 44.8 Å². The van der Waals surface area contributed by atoms with Crippen LogP contribution in [0.4, 0.5) is 0 Å². The minimum Gasteiger partial charge on any atom is -0.494 e. The molecule has 27 heavy (non-hydrogen) atoms. The average Bonchev–Trinajstić information content (AvgIpc) is 2.67. The molecule has 148 valence electrons. The molecule has 2 saturated heterocycles. The van der Waals surface area contributed by atoms with Crippen molar-refractivity contribution in [3.8, 4) is 5.75 Å². The molecule has 0 bridgehead atoms. The Morgan fingerprint density at radius 3 is 2.89 bits per heavy atom. The van der Waals surface area contributed by atoms with Crippen LogP contribution >= 0.6 is 0 Å². The normalized spacial score (nSPS) is 21.5. The Labute approximate surface area is 160 Å². The second-order valence-corrected chi connectivity index (χ2v) is 6.98. The van der Waals surface area contributed by atoms with Gasteiger partial charge in [-0.3, -0.25) is 14.5 Å². The van der Waals surface area contributed by atoms with Gasteiger partial charge < -0.3 is 20.1 Å². The Hall–Kier alpha value is -2.12. The molecule has 0 aliphatic carbocycles. The summed E-state index contributed by atoms with van der Waals surface area (Å²) >= 11 is 0.